The van der Waals surface area contributed by atoms with Crippen LogP contribution in [0.3, 0.4) is 0 Å². The zero-order valence-electron chi connectivity index (χ0n) is 10.5. The molecule has 0 N–H and O–H groups in total. The molecule has 0 amide bonds. The Balaban J connectivity index is 2.95. The summed E-state index contributed by atoms with van der Waals surface area (Å²) in [7, 11) is 1.23. The van der Waals surface area contributed by atoms with Crippen LogP contribution < -0.4 is 0 Å². The predicted octanol–water partition coefficient (Wildman–Crippen LogP) is 2.20. The second kappa shape index (κ2) is 7.27. The fourth-order valence-corrected chi connectivity index (χ4v) is 1.30. The number of benzene rings is 1. The average molecular weight is 248 g/mol. The van der Waals surface area contributed by atoms with Gasteiger partial charge in [0.15, 0.2) is 0 Å². The Hall–Kier alpha value is -2.10. The van der Waals surface area contributed by atoms with Gasteiger partial charge in [-0.2, -0.15) is 0 Å². The van der Waals surface area contributed by atoms with Crippen LogP contribution in [0.15, 0.2) is 35.9 Å². The van der Waals surface area contributed by atoms with E-state index >= 15 is 0 Å². The summed E-state index contributed by atoms with van der Waals surface area (Å²) in [5, 5.41) is 0. The normalized spacial score (nSPS) is 10.9. The fraction of sp³-hybridized carbons (Fsp3) is 0.286. The minimum absolute atomic E-state index is 0.0999. The molecule has 4 heteroatoms. The van der Waals surface area contributed by atoms with E-state index in [1.54, 1.807) is 12.1 Å². The number of ether oxygens (including phenoxy) is 2. The van der Waals surface area contributed by atoms with Gasteiger partial charge in [0, 0.05) is 0 Å². The third-order valence-electron chi connectivity index (χ3n) is 2.17. The van der Waals surface area contributed by atoms with Crippen molar-refractivity contribution in [2.75, 3.05) is 13.7 Å². The molecule has 0 radical (unpaired) electrons. The van der Waals surface area contributed by atoms with Gasteiger partial charge in [-0.05, 0) is 18.1 Å². The maximum atomic E-state index is 11.7. The molecule has 0 aliphatic rings. The second-order valence-electron chi connectivity index (χ2n) is 3.60. The molecule has 0 unspecified atom stereocenters. The lowest BCUT2D eigenvalue weighted by Crippen LogP contribution is -2.17. The molecule has 4 nitrogen and oxygen atoms in total. The van der Waals surface area contributed by atoms with E-state index in [1.165, 1.54) is 13.2 Å². The summed E-state index contributed by atoms with van der Waals surface area (Å²) >= 11 is 0. The molecule has 0 spiro atoms. The maximum Gasteiger partial charge on any atom is 0.345 e. The van der Waals surface area contributed by atoms with Gasteiger partial charge in [0.1, 0.15) is 5.57 Å². The van der Waals surface area contributed by atoms with Crippen LogP contribution in [0.4, 0.5) is 0 Å². The number of hydrogen-bond donors (Lipinski definition) is 0. The topological polar surface area (TPSA) is 52.6 Å². The lowest BCUT2D eigenvalue weighted by Gasteiger charge is -2.06. The highest BCUT2D eigenvalue weighted by atomic mass is 16.5. The quantitative estimate of drug-likeness (QED) is 0.347. The first kappa shape index (κ1) is 14.0. The Morgan fingerprint density at radius 3 is 2.39 bits per heavy atom. The van der Waals surface area contributed by atoms with Crippen molar-refractivity contribution in [3.05, 3.63) is 41.5 Å². The zero-order valence-corrected chi connectivity index (χ0v) is 10.5. The molecule has 0 fully saturated rings. The smallest absolute Gasteiger partial charge is 0.345 e. The number of carbonyl (C=O) groups is 2. The van der Waals surface area contributed by atoms with Crippen molar-refractivity contribution < 1.29 is 19.1 Å². The molecule has 0 saturated heterocycles. The van der Waals surface area contributed by atoms with Gasteiger partial charge in [-0.15, -0.1) is 0 Å². The number of hydrogen-bond acceptors (Lipinski definition) is 4. The molecule has 1 rings (SSSR count). The number of carbonyl (C=O) groups excluding carboxylic acids is 2. The van der Waals surface area contributed by atoms with Crippen molar-refractivity contribution >= 4 is 18.0 Å². The van der Waals surface area contributed by atoms with E-state index < -0.39 is 11.9 Å². The number of esters is 2. The Morgan fingerprint density at radius 2 is 1.83 bits per heavy atom. The van der Waals surface area contributed by atoms with Gasteiger partial charge < -0.3 is 9.47 Å². The molecule has 0 aliphatic carbocycles. The van der Waals surface area contributed by atoms with Gasteiger partial charge in [-0.1, -0.05) is 37.3 Å². The van der Waals surface area contributed by atoms with Gasteiger partial charge in [0.05, 0.1) is 13.7 Å². The predicted molar refractivity (Wildman–Crippen MR) is 67.7 cm³/mol. The van der Waals surface area contributed by atoms with E-state index in [1.807, 2.05) is 25.1 Å². The highest BCUT2D eigenvalue weighted by Crippen LogP contribution is 2.10. The first-order chi connectivity index (χ1) is 8.69. The molecular weight excluding hydrogens is 232 g/mol. The first-order valence-electron chi connectivity index (χ1n) is 5.71. The van der Waals surface area contributed by atoms with Crippen LogP contribution in [0.5, 0.6) is 0 Å². The van der Waals surface area contributed by atoms with Crippen LogP contribution >= 0.6 is 0 Å². The van der Waals surface area contributed by atoms with Crippen molar-refractivity contribution in [2.24, 2.45) is 0 Å². The second-order valence-corrected chi connectivity index (χ2v) is 3.60. The molecule has 1 aromatic carbocycles. The summed E-state index contributed by atoms with van der Waals surface area (Å²) in [5.74, 6) is -1.35. The SMILES string of the molecule is CCCOC(=O)/C(=C/c1ccccc1)C(=O)OC. The van der Waals surface area contributed by atoms with Crippen LogP contribution in [0.1, 0.15) is 18.9 Å². The molecule has 96 valence electrons. The zero-order chi connectivity index (χ0) is 13.4. The highest BCUT2D eigenvalue weighted by Gasteiger charge is 2.20. The monoisotopic (exact) mass is 248 g/mol. The molecule has 0 aliphatic heterocycles. The largest absolute Gasteiger partial charge is 0.465 e. The molecule has 0 aromatic heterocycles. The van der Waals surface area contributed by atoms with Crippen LogP contribution in [-0.4, -0.2) is 25.7 Å². The summed E-state index contributed by atoms with van der Waals surface area (Å²) in [6.07, 6.45) is 2.16. The summed E-state index contributed by atoms with van der Waals surface area (Å²) in [5.41, 5.74) is 0.642. The van der Waals surface area contributed by atoms with Gasteiger partial charge in [-0.25, -0.2) is 9.59 Å². The summed E-state index contributed by atoms with van der Waals surface area (Å²) in [4.78, 5) is 23.2. The van der Waals surface area contributed by atoms with Gasteiger partial charge in [-0.3, -0.25) is 0 Å². The van der Waals surface area contributed by atoms with Crippen molar-refractivity contribution in [3.8, 4) is 0 Å². The Bertz CT molecular complexity index is 434. The van der Waals surface area contributed by atoms with Crippen molar-refractivity contribution in [1.29, 1.82) is 0 Å². The average Bonchev–Trinajstić information content (AvgIpc) is 2.42. The molecule has 1 aromatic rings. The van der Waals surface area contributed by atoms with Crippen molar-refractivity contribution in [3.63, 3.8) is 0 Å². The van der Waals surface area contributed by atoms with Crippen LogP contribution in [-0.2, 0) is 19.1 Å². The van der Waals surface area contributed by atoms with Crippen molar-refractivity contribution in [2.45, 2.75) is 13.3 Å². The Kier molecular flexibility index (Phi) is 5.64. The van der Waals surface area contributed by atoms with E-state index in [4.69, 9.17) is 4.74 Å². The van der Waals surface area contributed by atoms with E-state index in [2.05, 4.69) is 4.74 Å². The van der Waals surface area contributed by atoms with Crippen molar-refractivity contribution in [1.82, 2.24) is 0 Å². The summed E-state index contributed by atoms with van der Waals surface area (Å²) < 4.78 is 9.52. The van der Waals surface area contributed by atoms with E-state index in [9.17, 15) is 9.59 Å². The molecular formula is C14H16O4. The van der Waals surface area contributed by atoms with Crippen LogP contribution in [0.2, 0.25) is 0 Å². The fourth-order valence-electron chi connectivity index (χ4n) is 1.30. The third kappa shape index (κ3) is 4.05. The Morgan fingerprint density at radius 1 is 1.17 bits per heavy atom. The first-order valence-corrected chi connectivity index (χ1v) is 5.71. The van der Waals surface area contributed by atoms with Crippen LogP contribution in [0.25, 0.3) is 6.08 Å². The summed E-state index contributed by atoms with van der Waals surface area (Å²) in [6, 6.07) is 9.06. The highest BCUT2D eigenvalue weighted by molar-refractivity contribution is 6.17. The van der Waals surface area contributed by atoms with E-state index in [0.29, 0.717) is 6.42 Å². The van der Waals surface area contributed by atoms with E-state index in [-0.39, 0.29) is 12.2 Å². The lowest BCUT2D eigenvalue weighted by atomic mass is 10.1. The minimum atomic E-state index is -0.694. The molecule has 0 heterocycles. The van der Waals surface area contributed by atoms with Crippen LogP contribution in [0, 0.1) is 0 Å². The number of rotatable bonds is 5. The van der Waals surface area contributed by atoms with Gasteiger partial charge >= 0.3 is 11.9 Å². The molecule has 0 saturated carbocycles. The summed E-state index contributed by atoms with van der Waals surface area (Å²) in [6.45, 7) is 2.16. The maximum absolute atomic E-state index is 11.7. The van der Waals surface area contributed by atoms with Gasteiger partial charge in [0.25, 0.3) is 0 Å². The number of methoxy groups -OCH3 is 1. The standard InChI is InChI=1S/C14H16O4/c1-3-9-18-14(16)12(13(15)17-2)10-11-7-5-4-6-8-11/h4-8,10H,3,9H2,1-2H3/b12-10+. The lowest BCUT2D eigenvalue weighted by molar-refractivity contribution is -0.145. The third-order valence-corrected chi connectivity index (χ3v) is 2.17. The Labute approximate surface area is 106 Å². The van der Waals surface area contributed by atoms with E-state index in [0.717, 1.165) is 5.56 Å². The molecule has 0 bridgehead atoms. The molecule has 18 heavy (non-hydrogen) atoms. The molecule has 0 atom stereocenters. The van der Waals surface area contributed by atoms with Gasteiger partial charge in [0.2, 0.25) is 0 Å². The minimum Gasteiger partial charge on any atom is -0.465 e.